The van der Waals surface area contributed by atoms with Gasteiger partial charge in [-0.2, -0.15) is 0 Å². The molecule has 1 saturated heterocycles. The third-order valence-electron chi connectivity index (χ3n) is 5.43. The molecule has 0 aliphatic carbocycles. The van der Waals surface area contributed by atoms with Gasteiger partial charge in [0, 0.05) is 32.6 Å². The van der Waals surface area contributed by atoms with Gasteiger partial charge in [0.15, 0.2) is 0 Å². The highest BCUT2D eigenvalue weighted by Crippen LogP contribution is 2.31. The number of amides is 2. The topological polar surface area (TPSA) is 62.7 Å². The zero-order valence-electron chi connectivity index (χ0n) is 17.7. The molecule has 162 valence electrons. The van der Waals surface area contributed by atoms with E-state index >= 15 is 0 Å². The third kappa shape index (κ3) is 4.97. The van der Waals surface area contributed by atoms with E-state index in [1.807, 2.05) is 58.5 Å². The molecule has 3 aromatic rings. The van der Waals surface area contributed by atoms with Gasteiger partial charge in [-0.1, -0.05) is 18.2 Å². The van der Waals surface area contributed by atoms with Gasteiger partial charge in [0.25, 0.3) is 5.91 Å². The summed E-state index contributed by atoms with van der Waals surface area (Å²) in [5.74, 6) is 0.967. The molecule has 8 heteroatoms. The van der Waals surface area contributed by atoms with E-state index in [0.29, 0.717) is 43.9 Å². The first kappa shape index (κ1) is 21.5. The number of thiophene rings is 1. The quantitative estimate of drug-likeness (QED) is 0.561. The van der Waals surface area contributed by atoms with Crippen LogP contribution < -0.4 is 4.74 Å². The smallest absolute Gasteiger partial charge is 0.265 e. The molecule has 2 amide bonds. The predicted molar refractivity (Wildman–Crippen MR) is 124 cm³/mol. The Balaban J connectivity index is 1.30. The zero-order chi connectivity index (χ0) is 21.8. The lowest BCUT2D eigenvalue weighted by molar-refractivity contribution is -0.132. The number of hydrogen-bond acceptors (Lipinski definition) is 6. The molecule has 1 aliphatic heterocycles. The number of nitrogens with zero attached hydrogens (tertiary/aromatic N) is 3. The highest BCUT2D eigenvalue weighted by molar-refractivity contribution is 7.22. The second-order valence-corrected chi connectivity index (χ2v) is 9.38. The summed E-state index contributed by atoms with van der Waals surface area (Å²) < 4.78 is 5.17. The number of aryl methyl sites for hydroxylation is 2. The van der Waals surface area contributed by atoms with E-state index in [1.165, 1.54) is 11.3 Å². The Morgan fingerprint density at radius 3 is 2.42 bits per heavy atom. The number of aromatic nitrogens is 1. The standard InChI is InChI=1S/C23H25N3O3S2/c1-16-21(31-22(24-16)19-4-3-15-30-19)23(28)26-13-11-25(12-14-26)20(27)10-7-17-5-8-18(29-2)9-6-17/h3-6,8-9,15H,7,10-14H2,1-2H3. The number of carbonyl (C=O) groups excluding carboxylic acids is 2. The number of rotatable bonds is 6. The molecule has 0 radical (unpaired) electrons. The van der Waals surface area contributed by atoms with Crippen LogP contribution in [0.2, 0.25) is 0 Å². The SMILES string of the molecule is COc1ccc(CCC(=O)N2CCN(C(=O)c3sc(-c4cccs4)nc3C)CC2)cc1. The lowest BCUT2D eigenvalue weighted by atomic mass is 10.1. The number of hydrogen-bond donors (Lipinski definition) is 0. The zero-order valence-corrected chi connectivity index (χ0v) is 19.3. The minimum atomic E-state index is 0.0168. The lowest BCUT2D eigenvalue weighted by Crippen LogP contribution is -2.50. The second-order valence-electron chi connectivity index (χ2n) is 7.43. The van der Waals surface area contributed by atoms with Crippen LogP contribution in [-0.2, 0) is 11.2 Å². The number of piperazine rings is 1. The van der Waals surface area contributed by atoms with Gasteiger partial charge in [0.05, 0.1) is 17.7 Å². The molecule has 0 N–H and O–H groups in total. The highest BCUT2D eigenvalue weighted by Gasteiger charge is 2.27. The average molecular weight is 456 g/mol. The lowest BCUT2D eigenvalue weighted by Gasteiger charge is -2.34. The van der Waals surface area contributed by atoms with Gasteiger partial charge in [0.1, 0.15) is 15.6 Å². The number of benzene rings is 1. The molecular weight excluding hydrogens is 430 g/mol. The maximum Gasteiger partial charge on any atom is 0.265 e. The van der Waals surface area contributed by atoms with Crippen molar-refractivity contribution in [2.24, 2.45) is 0 Å². The Morgan fingerprint density at radius 1 is 1.06 bits per heavy atom. The molecule has 1 fully saturated rings. The monoisotopic (exact) mass is 455 g/mol. The molecule has 0 spiro atoms. The second kappa shape index (κ2) is 9.62. The summed E-state index contributed by atoms with van der Waals surface area (Å²) in [4.78, 5) is 35.7. The number of carbonyl (C=O) groups is 2. The van der Waals surface area contributed by atoms with Crippen LogP contribution in [-0.4, -0.2) is 59.9 Å². The van der Waals surface area contributed by atoms with Crippen molar-refractivity contribution in [3.63, 3.8) is 0 Å². The summed E-state index contributed by atoms with van der Waals surface area (Å²) in [6.45, 7) is 4.14. The summed E-state index contributed by atoms with van der Waals surface area (Å²) >= 11 is 3.08. The van der Waals surface area contributed by atoms with Crippen LogP contribution in [0.25, 0.3) is 9.88 Å². The largest absolute Gasteiger partial charge is 0.497 e. The fourth-order valence-corrected chi connectivity index (χ4v) is 5.44. The van der Waals surface area contributed by atoms with Gasteiger partial charge in [-0.15, -0.1) is 22.7 Å². The van der Waals surface area contributed by atoms with E-state index < -0.39 is 0 Å². The Kier molecular flexibility index (Phi) is 6.67. The molecule has 4 rings (SSSR count). The van der Waals surface area contributed by atoms with Gasteiger partial charge in [-0.3, -0.25) is 9.59 Å². The van der Waals surface area contributed by atoms with Crippen LogP contribution in [0.3, 0.4) is 0 Å². The highest BCUT2D eigenvalue weighted by atomic mass is 32.1. The van der Waals surface area contributed by atoms with Gasteiger partial charge >= 0.3 is 0 Å². The molecule has 0 atom stereocenters. The van der Waals surface area contributed by atoms with Gasteiger partial charge in [-0.25, -0.2) is 4.98 Å². The summed E-state index contributed by atoms with van der Waals surface area (Å²) in [6.07, 6.45) is 1.17. The summed E-state index contributed by atoms with van der Waals surface area (Å²) in [7, 11) is 1.64. The minimum Gasteiger partial charge on any atom is -0.497 e. The van der Waals surface area contributed by atoms with Gasteiger partial charge in [-0.05, 0) is 42.5 Å². The third-order valence-corrected chi connectivity index (χ3v) is 7.61. The predicted octanol–water partition coefficient (Wildman–Crippen LogP) is 4.11. The maximum absolute atomic E-state index is 13.0. The van der Waals surface area contributed by atoms with Crippen LogP contribution in [0.4, 0.5) is 0 Å². The Hall–Kier alpha value is -2.71. The molecule has 0 bridgehead atoms. The van der Waals surface area contributed by atoms with Crippen molar-refractivity contribution < 1.29 is 14.3 Å². The number of methoxy groups -OCH3 is 1. The summed E-state index contributed by atoms with van der Waals surface area (Å²) in [5, 5.41) is 2.90. The fourth-order valence-electron chi connectivity index (χ4n) is 3.60. The van der Waals surface area contributed by atoms with E-state index in [-0.39, 0.29) is 11.8 Å². The van der Waals surface area contributed by atoms with Crippen LogP contribution in [0.5, 0.6) is 5.75 Å². The molecule has 1 aliphatic rings. The normalized spacial score (nSPS) is 14.0. The molecular formula is C23H25N3O3S2. The first-order valence-electron chi connectivity index (χ1n) is 10.3. The van der Waals surface area contributed by atoms with Crippen molar-refractivity contribution >= 4 is 34.5 Å². The molecule has 1 aromatic carbocycles. The van der Waals surface area contributed by atoms with Crippen molar-refractivity contribution in [1.29, 1.82) is 0 Å². The first-order chi connectivity index (χ1) is 15.0. The minimum absolute atomic E-state index is 0.0168. The van der Waals surface area contributed by atoms with Crippen LogP contribution in [0.1, 0.15) is 27.3 Å². The van der Waals surface area contributed by atoms with E-state index in [4.69, 9.17) is 4.74 Å². The van der Waals surface area contributed by atoms with Crippen LogP contribution >= 0.6 is 22.7 Å². The molecule has 2 aromatic heterocycles. The van der Waals surface area contributed by atoms with Crippen molar-refractivity contribution in [3.8, 4) is 15.6 Å². The van der Waals surface area contributed by atoms with E-state index in [0.717, 1.165) is 26.9 Å². The van der Waals surface area contributed by atoms with E-state index in [1.54, 1.807) is 18.4 Å². The van der Waals surface area contributed by atoms with Crippen LogP contribution in [0.15, 0.2) is 41.8 Å². The summed E-state index contributed by atoms with van der Waals surface area (Å²) in [5.41, 5.74) is 1.89. The molecule has 3 heterocycles. The number of ether oxygens (including phenoxy) is 1. The van der Waals surface area contributed by atoms with Gasteiger partial charge in [0.2, 0.25) is 5.91 Å². The molecule has 6 nitrogen and oxygen atoms in total. The summed E-state index contributed by atoms with van der Waals surface area (Å²) in [6, 6.07) is 11.8. The van der Waals surface area contributed by atoms with Crippen molar-refractivity contribution in [2.45, 2.75) is 19.8 Å². The van der Waals surface area contributed by atoms with Gasteiger partial charge < -0.3 is 14.5 Å². The Morgan fingerprint density at radius 2 is 1.77 bits per heavy atom. The van der Waals surface area contributed by atoms with E-state index in [2.05, 4.69) is 4.98 Å². The average Bonchev–Trinajstić information content (AvgIpc) is 3.47. The first-order valence-corrected chi connectivity index (χ1v) is 12.0. The molecule has 0 saturated carbocycles. The van der Waals surface area contributed by atoms with E-state index in [9.17, 15) is 9.59 Å². The Bertz CT molecular complexity index is 1040. The fraction of sp³-hybridized carbons (Fsp3) is 0.348. The Labute approximate surface area is 190 Å². The van der Waals surface area contributed by atoms with Crippen molar-refractivity contribution in [1.82, 2.24) is 14.8 Å². The van der Waals surface area contributed by atoms with Crippen LogP contribution in [0, 0.1) is 6.92 Å². The number of thiazole rings is 1. The molecule has 31 heavy (non-hydrogen) atoms. The van der Waals surface area contributed by atoms with Crippen molar-refractivity contribution in [3.05, 3.63) is 57.9 Å². The molecule has 0 unspecified atom stereocenters. The maximum atomic E-state index is 13.0. The van der Waals surface area contributed by atoms with Crippen molar-refractivity contribution in [2.75, 3.05) is 33.3 Å².